The van der Waals surface area contributed by atoms with E-state index in [0.29, 0.717) is 28.8 Å². The molecule has 22 heavy (non-hydrogen) atoms. The molecule has 0 aliphatic carbocycles. The molecule has 0 atom stereocenters. The van der Waals surface area contributed by atoms with Crippen molar-refractivity contribution in [1.82, 2.24) is 14.7 Å². The standard InChI is InChI=1S/C15H22Cl2N4O/c1-19(2)6-7-20-8-10-21(11-9-20)15(22)18-14-12(16)4-3-5-13(14)17/h3-5H,6-11H2,1-2H3,(H,18,22). The first-order valence-corrected chi connectivity index (χ1v) is 8.10. The lowest BCUT2D eigenvalue weighted by atomic mass is 10.3. The minimum Gasteiger partial charge on any atom is -0.322 e. The number of hydrogen-bond donors (Lipinski definition) is 1. The van der Waals surface area contributed by atoms with Gasteiger partial charge in [-0.25, -0.2) is 4.79 Å². The molecule has 1 aliphatic heterocycles. The predicted octanol–water partition coefficient (Wildman–Crippen LogP) is 2.70. The number of urea groups is 1. The summed E-state index contributed by atoms with van der Waals surface area (Å²) in [6.07, 6.45) is 0. The number of nitrogens with one attached hydrogen (secondary N) is 1. The zero-order valence-electron chi connectivity index (χ0n) is 13.0. The summed E-state index contributed by atoms with van der Waals surface area (Å²) < 4.78 is 0. The minimum atomic E-state index is -0.151. The highest BCUT2D eigenvalue weighted by atomic mass is 35.5. The molecule has 1 aromatic carbocycles. The zero-order valence-corrected chi connectivity index (χ0v) is 14.5. The highest BCUT2D eigenvalue weighted by Crippen LogP contribution is 2.30. The summed E-state index contributed by atoms with van der Waals surface area (Å²) in [6.45, 7) is 5.25. The summed E-state index contributed by atoms with van der Waals surface area (Å²) in [5.74, 6) is 0. The molecule has 0 bridgehead atoms. The van der Waals surface area contributed by atoms with E-state index in [1.165, 1.54) is 0 Å². The van der Waals surface area contributed by atoms with Crippen LogP contribution in [-0.4, -0.2) is 74.1 Å². The molecular formula is C15H22Cl2N4O. The summed E-state index contributed by atoms with van der Waals surface area (Å²) >= 11 is 12.2. The molecule has 1 heterocycles. The van der Waals surface area contributed by atoms with Crippen LogP contribution in [0.3, 0.4) is 0 Å². The molecule has 122 valence electrons. The van der Waals surface area contributed by atoms with Gasteiger partial charge < -0.3 is 15.1 Å². The fourth-order valence-corrected chi connectivity index (χ4v) is 2.81. The molecule has 1 aromatic rings. The van der Waals surface area contributed by atoms with Gasteiger partial charge in [-0.15, -0.1) is 0 Å². The number of piperazine rings is 1. The molecule has 7 heteroatoms. The molecule has 0 radical (unpaired) electrons. The minimum absolute atomic E-state index is 0.151. The maximum atomic E-state index is 12.3. The Morgan fingerprint density at radius 2 is 1.77 bits per heavy atom. The Kier molecular flexibility index (Phi) is 6.32. The molecule has 1 fully saturated rings. The third-order valence-corrected chi connectivity index (χ3v) is 4.35. The van der Waals surface area contributed by atoms with Crippen LogP contribution >= 0.6 is 23.2 Å². The maximum absolute atomic E-state index is 12.3. The van der Waals surface area contributed by atoms with Gasteiger partial charge in [-0.3, -0.25) is 4.90 Å². The quantitative estimate of drug-likeness (QED) is 0.912. The number of carbonyl (C=O) groups is 1. The second kappa shape index (κ2) is 8.02. The van der Waals surface area contributed by atoms with Crippen molar-refractivity contribution in [3.05, 3.63) is 28.2 Å². The van der Waals surface area contributed by atoms with Gasteiger partial charge in [-0.05, 0) is 26.2 Å². The van der Waals surface area contributed by atoms with Crippen molar-refractivity contribution < 1.29 is 4.79 Å². The average molecular weight is 345 g/mol. The van der Waals surface area contributed by atoms with Gasteiger partial charge in [-0.1, -0.05) is 29.3 Å². The smallest absolute Gasteiger partial charge is 0.322 e. The van der Waals surface area contributed by atoms with Crippen molar-refractivity contribution in [2.45, 2.75) is 0 Å². The number of amides is 2. The van der Waals surface area contributed by atoms with E-state index in [-0.39, 0.29) is 6.03 Å². The van der Waals surface area contributed by atoms with Gasteiger partial charge in [-0.2, -0.15) is 0 Å². The van der Waals surface area contributed by atoms with Crippen molar-refractivity contribution >= 4 is 34.9 Å². The average Bonchev–Trinajstić information content (AvgIpc) is 2.49. The molecule has 5 nitrogen and oxygen atoms in total. The molecule has 0 aromatic heterocycles. The Bertz CT molecular complexity index is 496. The number of rotatable bonds is 4. The Morgan fingerprint density at radius 1 is 1.18 bits per heavy atom. The predicted molar refractivity (Wildman–Crippen MR) is 92.0 cm³/mol. The SMILES string of the molecule is CN(C)CCN1CCN(C(=O)Nc2c(Cl)cccc2Cl)CC1. The number of halogens is 2. The van der Waals surface area contributed by atoms with Crippen molar-refractivity contribution in [1.29, 1.82) is 0 Å². The zero-order chi connectivity index (χ0) is 16.1. The number of anilines is 1. The van der Waals surface area contributed by atoms with Gasteiger partial charge >= 0.3 is 6.03 Å². The van der Waals surface area contributed by atoms with E-state index in [0.717, 1.165) is 26.2 Å². The Hall–Kier alpha value is -1.01. The van der Waals surface area contributed by atoms with Gasteiger partial charge in [0.15, 0.2) is 0 Å². The summed E-state index contributed by atoms with van der Waals surface area (Å²) in [5, 5.41) is 3.71. The fraction of sp³-hybridized carbons (Fsp3) is 0.533. The monoisotopic (exact) mass is 344 g/mol. The Morgan fingerprint density at radius 3 is 2.32 bits per heavy atom. The topological polar surface area (TPSA) is 38.8 Å². The normalized spacial score (nSPS) is 16.1. The molecule has 2 rings (SSSR count). The number of benzene rings is 1. The van der Waals surface area contributed by atoms with Crippen LogP contribution in [0.15, 0.2) is 18.2 Å². The second-order valence-electron chi connectivity index (χ2n) is 5.66. The van der Waals surface area contributed by atoms with Gasteiger partial charge in [0.25, 0.3) is 0 Å². The molecule has 2 amide bonds. The van der Waals surface area contributed by atoms with Gasteiger partial charge in [0.2, 0.25) is 0 Å². The molecule has 1 N–H and O–H groups in total. The summed E-state index contributed by atoms with van der Waals surface area (Å²) in [6, 6.07) is 5.02. The first-order chi connectivity index (χ1) is 10.5. The Balaban J connectivity index is 1.85. The highest BCUT2D eigenvalue weighted by molar-refractivity contribution is 6.39. The summed E-state index contributed by atoms with van der Waals surface area (Å²) in [5.41, 5.74) is 0.478. The van der Waals surface area contributed by atoms with Gasteiger partial charge in [0.1, 0.15) is 0 Å². The van der Waals surface area contributed by atoms with Crippen LogP contribution in [0.25, 0.3) is 0 Å². The molecule has 0 saturated carbocycles. The van der Waals surface area contributed by atoms with E-state index in [2.05, 4.69) is 29.2 Å². The highest BCUT2D eigenvalue weighted by Gasteiger charge is 2.22. The van der Waals surface area contributed by atoms with Crippen LogP contribution in [-0.2, 0) is 0 Å². The number of nitrogens with zero attached hydrogens (tertiary/aromatic N) is 3. The Labute approximate surface area is 141 Å². The number of para-hydroxylation sites is 1. The molecule has 0 unspecified atom stereocenters. The number of likely N-dealkylation sites (N-methyl/N-ethyl adjacent to an activating group) is 1. The first kappa shape index (κ1) is 17.3. The van der Waals surface area contributed by atoms with E-state index < -0.39 is 0 Å². The van der Waals surface area contributed by atoms with Gasteiger partial charge in [0.05, 0.1) is 15.7 Å². The third-order valence-electron chi connectivity index (χ3n) is 3.72. The molecule has 0 spiro atoms. The van der Waals surface area contributed by atoms with E-state index in [1.807, 2.05) is 0 Å². The second-order valence-corrected chi connectivity index (χ2v) is 6.47. The summed E-state index contributed by atoms with van der Waals surface area (Å²) in [4.78, 5) is 18.6. The lowest BCUT2D eigenvalue weighted by Gasteiger charge is -2.35. The lowest BCUT2D eigenvalue weighted by molar-refractivity contribution is 0.140. The third kappa shape index (κ3) is 4.74. The van der Waals surface area contributed by atoms with E-state index in [4.69, 9.17) is 23.2 Å². The van der Waals surface area contributed by atoms with Crippen molar-refractivity contribution in [3.8, 4) is 0 Å². The van der Waals surface area contributed by atoms with E-state index in [9.17, 15) is 4.79 Å². The van der Waals surface area contributed by atoms with E-state index >= 15 is 0 Å². The maximum Gasteiger partial charge on any atom is 0.322 e. The van der Waals surface area contributed by atoms with Gasteiger partial charge in [0, 0.05) is 39.3 Å². The number of hydrogen-bond acceptors (Lipinski definition) is 3. The largest absolute Gasteiger partial charge is 0.322 e. The molecular weight excluding hydrogens is 323 g/mol. The van der Waals surface area contributed by atoms with Crippen LogP contribution in [0.4, 0.5) is 10.5 Å². The van der Waals surface area contributed by atoms with Crippen LogP contribution in [0.5, 0.6) is 0 Å². The fourth-order valence-electron chi connectivity index (χ4n) is 2.32. The summed E-state index contributed by atoms with van der Waals surface area (Å²) in [7, 11) is 4.13. The van der Waals surface area contributed by atoms with Crippen molar-refractivity contribution in [2.24, 2.45) is 0 Å². The number of carbonyl (C=O) groups excluding carboxylic acids is 1. The van der Waals surface area contributed by atoms with Crippen molar-refractivity contribution in [3.63, 3.8) is 0 Å². The molecule has 1 saturated heterocycles. The first-order valence-electron chi connectivity index (χ1n) is 7.34. The van der Waals surface area contributed by atoms with Crippen LogP contribution in [0.2, 0.25) is 10.0 Å². The van der Waals surface area contributed by atoms with E-state index in [1.54, 1.807) is 23.1 Å². The lowest BCUT2D eigenvalue weighted by Crippen LogP contribution is -2.51. The van der Waals surface area contributed by atoms with Crippen LogP contribution in [0, 0.1) is 0 Å². The van der Waals surface area contributed by atoms with Crippen molar-refractivity contribution in [2.75, 3.05) is 58.7 Å². The van der Waals surface area contributed by atoms with Crippen LogP contribution < -0.4 is 5.32 Å². The van der Waals surface area contributed by atoms with Crippen LogP contribution in [0.1, 0.15) is 0 Å². The molecule has 1 aliphatic rings.